The summed E-state index contributed by atoms with van der Waals surface area (Å²) in [4.78, 5) is 24.5. The minimum Gasteiger partial charge on any atom is -0.462 e. The number of benzene rings is 1. The summed E-state index contributed by atoms with van der Waals surface area (Å²) in [5, 5.41) is 1.06. The Bertz CT molecular complexity index is 530. The summed E-state index contributed by atoms with van der Waals surface area (Å²) in [7, 11) is 0. The van der Waals surface area contributed by atoms with E-state index in [-0.39, 0.29) is 11.1 Å². The number of hydrogen-bond acceptors (Lipinski definition) is 4. The van der Waals surface area contributed by atoms with Crippen molar-refractivity contribution in [1.82, 2.24) is 0 Å². The molecule has 0 amide bonds. The highest BCUT2D eigenvalue weighted by atomic mass is 79.9. The van der Waals surface area contributed by atoms with Gasteiger partial charge in [-0.2, -0.15) is 0 Å². The molecule has 0 N–H and O–H groups in total. The molecule has 0 aliphatic rings. The fraction of sp³-hybridized carbons (Fsp3) is 0.619. The Morgan fingerprint density at radius 2 is 1.23 bits per heavy atom. The van der Waals surface area contributed by atoms with Crippen LogP contribution in [0.5, 0.6) is 0 Å². The molecule has 26 heavy (non-hydrogen) atoms. The Hall–Kier alpha value is -1.36. The standard InChI is InChI=1S/C21H31BrO4/c1-2-3-11-16-25-20(23)18-13-8-9-14-19(18)21(24)26-17-12-7-5-4-6-10-15-22/h8-9,13-14H,2-7,10-12,15-17H2,1H3. The lowest BCUT2D eigenvalue weighted by Crippen LogP contribution is -2.15. The van der Waals surface area contributed by atoms with Gasteiger partial charge in [0.1, 0.15) is 0 Å². The summed E-state index contributed by atoms with van der Waals surface area (Å²) in [5.74, 6) is -0.911. The van der Waals surface area contributed by atoms with Gasteiger partial charge in [-0.1, -0.05) is 73.5 Å². The van der Waals surface area contributed by atoms with E-state index in [0.717, 1.165) is 43.9 Å². The van der Waals surface area contributed by atoms with E-state index in [1.165, 1.54) is 19.3 Å². The largest absolute Gasteiger partial charge is 0.462 e. The third kappa shape index (κ3) is 9.37. The van der Waals surface area contributed by atoms with Gasteiger partial charge in [0.05, 0.1) is 24.3 Å². The van der Waals surface area contributed by atoms with Gasteiger partial charge in [0, 0.05) is 5.33 Å². The first kappa shape index (κ1) is 22.7. The van der Waals surface area contributed by atoms with Gasteiger partial charge >= 0.3 is 11.9 Å². The Kier molecular flexibility index (Phi) is 12.9. The lowest BCUT2D eigenvalue weighted by molar-refractivity contribution is 0.0450. The van der Waals surface area contributed by atoms with Gasteiger partial charge in [-0.3, -0.25) is 0 Å². The van der Waals surface area contributed by atoms with Crippen LogP contribution in [0.15, 0.2) is 24.3 Å². The fourth-order valence-corrected chi connectivity index (χ4v) is 2.98. The number of unbranched alkanes of at least 4 members (excludes halogenated alkanes) is 7. The second-order valence-corrected chi connectivity index (χ2v) is 7.13. The first-order chi connectivity index (χ1) is 12.7. The van der Waals surface area contributed by atoms with E-state index in [0.29, 0.717) is 13.2 Å². The van der Waals surface area contributed by atoms with Crippen LogP contribution in [0.1, 0.15) is 85.4 Å². The number of carbonyl (C=O) groups is 2. The highest BCUT2D eigenvalue weighted by molar-refractivity contribution is 9.09. The topological polar surface area (TPSA) is 52.6 Å². The molecule has 0 saturated carbocycles. The number of esters is 2. The average Bonchev–Trinajstić information content (AvgIpc) is 2.67. The summed E-state index contributed by atoms with van der Waals surface area (Å²) in [5.41, 5.74) is 0.564. The summed E-state index contributed by atoms with van der Waals surface area (Å²) < 4.78 is 10.6. The van der Waals surface area contributed by atoms with Gasteiger partial charge in [-0.25, -0.2) is 9.59 Å². The van der Waals surface area contributed by atoms with Gasteiger partial charge in [0.25, 0.3) is 0 Å². The zero-order valence-corrected chi connectivity index (χ0v) is 17.4. The molecule has 1 aromatic rings. The van der Waals surface area contributed by atoms with Crippen LogP contribution in [-0.2, 0) is 9.47 Å². The van der Waals surface area contributed by atoms with Gasteiger partial charge < -0.3 is 9.47 Å². The van der Waals surface area contributed by atoms with Crippen molar-refractivity contribution in [3.05, 3.63) is 35.4 Å². The van der Waals surface area contributed by atoms with Crippen LogP contribution in [0.3, 0.4) is 0 Å². The molecular weight excluding hydrogens is 396 g/mol. The van der Waals surface area contributed by atoms with Gasteiger partial charge in [-0.05, 0) is 31.4 Å². The number of ether oxygens (including phenoxy) is 2. The zero-order valence-electron chi connectivity index (χ0n) is 15.8. The summed E-state index contributed by atoms with van der Waals surface area (Å²) in [6.45, 7) is 2.86. The number of carbonyl (C=O) groups excluding carboxylic acids is 2. The van der Waals surface area contributed by atoms with E-state index < -0.39 is 11.9 Å². The maximum absolute atomic E-state index is 12.3. The smallest absolute Gasteiger partial charge is 0.339 e. The Labute approximate surface area is 165 Å². The lowest BCUT2D eigenvalue weighted by atomic mass is 10.1. The Morgan fingerprint density at radius 3 is 1.73 bits per heavy atom. The molecule has 0 fully saturated rings. The molecule has 0 atom stereocenters. The van der Waals surface area contributed by atoms with E-state index in [4.69, 9.17) is 9.47 Å². The van der Waals surface area contributed by atoms with Gasteiger partial charge in [-0.15, -0.1) is 0 Å². The maximum atomic E-state index is 12.3. The second kappa shape index (κ2) is 14.8. The number of halogens is 1. The van der Waals surface area contributed by atoms with Gasteiger partial charge in [0.2, 0.25) is 0 Å². The predicted molar refractivity (Wildman–Crippen MR) is 108 cm³/mol. The number of alkyl halides is 1. The molecule has 0 radical (unpaired) electrons. The van der Waals surface area contributed by atoms with Crippen LogP contribution in [0.2, 0.25) is 0 Å². The van der Waals surface area contributed by atoms with E-state index in [2.05, 4.69) is 22.9 Å². The van der Waals surface area contributed by atoms with E-state index >= 15 is 0 Å². The van der Waals surface area contributed by atoms with Crippen molar-refractivity contribution < 1.29 is 19.1 Å². The highest BCUT2D eigenvalue weighted by Crippen LogP contribution is 2.13. The Balaban J connectivity index is 2.38. The van der Waals surface area contributed by atoms with Crippen molar-refractivity contribution in [3.63, 3.8) is 0 Å². The van der Waals surface area contributed by atoms with Crippen LogP contribution >= 0.6 is 15.9 Å². The summed E-state index contributed by atoms with van der Waals surface area (Å²) in [6, 6.07) is 6.69. The molecule has 1 aromatic carbocycles. The molecule has 0 heterocycles. The van der Waals surface area contributed by atoms with Crippen LogP contribution in [-0.4, -0.2) is 30.5 Å². The van der Waals surface area contributed by atoms with Crippen LogP contribution in [0.25, 0.3) is 0 Å². The normalized spacial score (nSPS) is 10.5. The SMILES string of the molecule is CCCCCOC(=O)c1ccccc1C(=O)OCCCCCCCCBr. The fourth-order valence-electron chi connectivity index (χ4n) is 2.58. The monoisotopic (exact) mass is 426 g/mol. The van der Waals surface area contributed by atoms with Crippen molar-refractivity contribution in [3.8, 4) is 0 Å². The molecule has 0 bridgehead atoms. The second-order valence-electron chi connectivity index (χ2n) is 6.33. The molecule has 5 heteroatoms. The predicted octanol–water partition coefficient (Wildman–Crippen LogP) is 5.93. The first-order valence-electron chi connectivity index (χ1n) is 9.70. The van der Waals surface area contributed by atoms with Crippen molar-refractivity contribution in [2.75, 3.05) is 18.5 Å². The van der Waals surface area contributed by atoms with E-state index in [9.17, 15) is 9.59 Å². The molecule has 4 nitrogen and oxygen atoms in total. The third-order valence-electron chi connectivity index (χ3n) is 4.11. The highest BCUT2D eigenvalue weighted by Gasteiger charge is 2.18. The zero-order chi connectivity index (χ0) is 19.0. The average molecular weight is 427 g/mol. The molecule has 0 aliphatic heterocycles. The van der Waals surface area contributed by atoms with Crippen LogP contribution in [0.4, 0.5) is 0 Å². The number of rotatable bonds is 14. The molecule has 146 valence electrons. The number of hydrogen-bond donors (Lipinski definition) is 0. The first-order valence-corrected chi connectivity index (χ1v) is 10.8. The van der Waals surface area contributed by atoms with Crippen molar-refractivity contribution in [1.29, 1.82) is 0 Å². The molecule has 0 unspecified atom stereocenters. The summed E-state index contributed by atoms with van der Waals surface area (Å²) in [6.07, 6.45) is 9.64. The summed E-state index contributed by atoms with van der Waals surface area (Å²) >= 11 is 3.43. The minimum atomic E-state index is -0.458. The molecule has 0 spiro atoms. The van der Waals surface area contributed by atoms with Crippen molar-refractivity contribution in [2.24, 2.45) is 0 Å². The van der Waals surface area contributed by atoms with Crippen LogP contribution < -0.4 is 0 Å². The molecule has 0 aromatic heterocycles. The van der Waals surface area contributed by atoms with Gasteiger partial charge in [0.15, 0.2) is 0 Å². The molecular formula is C21H31BrO4. The molecule has 0 saturated heterocycles. The van der Waals surface area contributed by atoms with Crippen LogP contribution in [0, 0.1) is 0 Å². The van der Waals surface area contributed by atoms with E-state index in [1.807, 2.05) is 0 Å². The lowest BCUT2D eigenvalue weighted by Gasteiger charge is -2.10. The third-order valence-corrected chi connectivity index (χ3v) is 4.67. The van der Waals surface area contributed by atoms with E-state index in [1.54, 1.807) is 24.3 Å². The minimum absolute atomic E-state index is 0.281. The Morgan fingerprint density at radius 1 is 0.769 bits per heavy atom. The molecule has 0 aliphatic carbocycles. The quantitative estimate of drug-likeness (QED) is 0.210. The molecule has 1 rings (SSSR count). The van der Waals surface area contributed by atoms with Crippen molar-refractivity contribution in [2.45, 2.75) is 64.7 Å². The van der Waals surface area contributed by atoms with Crippen molar-refractivity contribution >= 4 is 27.9 Å². The maximum Gasteiger partial charge on any atom is 0.339 e.